The third-order valence-corrected chi connectivity index (χ3v) is 7.06. The first-order chi connectivity index (χ1) is 14.7. The third-order valence-electron chi connectivity index (χ3n) is 6.13. The molecule has 0 bridgehead atoms. The van der Waals surface area contributed by atoms with E-state index in [1.165, 1.54) is 74.1 Å². The second-order valence-corrected chi connectivity index (χ2v) is 9.18. The number of benzene rings is 2. The first-order valence-corrected chi connectivity index (χ1v) is 12.5. The first-order valence-electron chi connectivity index (χ1n) is 11.7. The lowest BCUT2D eigenvalue weighted by Crippen LogP contribution is -2.29. The van der Waals surface area contributed by atoms with Crippen LogP contribution in [0.2, 0.25) is 0 Å². The van der Waals surface area contributed by atoms with E-state index in [-0.39, 0.29) is 0 Å². The average molecular weight is 447 g/mol. The van der Waals surface area contributed by atoms with Crippen LogP contribution in [0.4, 0.5) is 0 Å². The summed E-state index contributed by atoms with van der Waals surface area (Å²) in [6, 6.07) is 15.1. The van der Waals surface area contributed by atoms with Gasteiger partial charge in [0.05, 0.1) is 6.67 Å². The maximum atomic E-state index is 6.56. The normalized spacial score (nSPS) is 14.4. The second-order valence-electron chi connectivity index (χ2n) is 8.47. The molecule has 1 aliphatic rings. The van der Waals surface area contributed by atoms with Gasteiger partial charge in [0.1, 0.15) is 10.3 Å². The molecule has 0 aliphatic carbocycles. The number of hydrogen-bond donors (Lipinski definition) is 0. The van der Waals surface area contributed by atoms with Crippen LogP contribution in [0.5, 0.6) is 0 Å². The van der Waals surface area contributed by atoms with E-state index in [0.717, 1.165) is 26.2 Å². The largest absolute Gasteiger partial charge is 0.342 e. The van der Waals surface area contributed by atoms with Crippen molar-refractivity contribution >= 4 is 34.0 Å². The Labute approximate surface area is 192 Å². The topological polar surface area (TPSA) is 6.48 Å². The summed E-state index contributed by atoms with van der Waals surface area (Å²) < 4.78 is 0. The van der Waals surface area contributed by atoms with Gasteiger partial charge in [-0.2, -0.15) is 0 Å². The quantitative estimate of drug-likeness (QED) is 0.226. The molecule has 0 spiro atoms. The third kappa shape index (κ3) is 6.56. The van der Waals surface area contributed by atoms with Crippen molar-refractivity contribution in [3.63, 3.8) is 0 Å². The van der Waals surface area contributed by atoms with E-state index in [1.54, 1.807) is 0 Å². The van der Waals surface area contributed by atoms with Crippen molar-refractivity contribution in [2.75, 3.05) is 19.8 Å². The standard InChI is InChI=1S/C26H36Cl2N2/c1-2-3-4-5-6-7-8-9-12-19-29-21-30(26(28)25(29)27)20-18-23-16-13-15-22-14-10-11-17-24(22)23/h10-11,13-17H,2-9,12,18-21H2,1H3. The van der Waals surface area contributed by atoms with Crippen molar-refractivity contribution in [2.24, 2.45) is 0 Å². The molecule has 0 amide bonds. The summed E-state index contributed by atoms with van der Waals surface area (Å²) in [5, 5.41) is 4.04. The van der Waals surface area contributed by atoms with Gasteiger partial charge in [0, 0.05) is 13.1 Å². The van der Waals surface area contributed by atoms with Crippen molar-refractivity contribution < 1.29 is 0 Å². The zero-order valence-corrected chi connectivity index (χ0v) is 19.9. The predicted octanol–water partition coefficient (Wildman–Crippen LogP) is 8.09. The number of fused-ring (bicyclic) bond motifs is 1. The van der Waals surface area contributed by atoms with Gasteiger partial charge < -0.3 is 9.80 Å². The Balaban J connectivity index is 1.39. The first kappa shape index (κ1) is 23.3. The number of nitrogens with zero attached hydrogens (tertiary/aromatic N) is 2. The van der Waals surface area contributed by atoms with E-state index in [4.69, 9.17) is 23.2 Å². The van der Waals surface area contributed by atoms with E-state index in [0.29, 0.717) is 10.3 Å². The minimum Gasteiger partial charge on any atom is -0.342 e. The summed E-state index contributed by atoms with van der Waals surface area (Å²) >= 11 is 13.1. The van der Waals surface area contributed by atoms with Gasteiger partial charge in [-0.05, 0) is 29.2 Å². The Kier molecular flexibility index (Phi) is 9.68. The summed E-state index contributed by atoms with van der Waals surface area (Å²) in [5.74, 6) is 0. The Hall–Kier alpha value is -1.38. The smallest absolute Gasteiger partial charge is 0.141 e. The number of rotatable bonds is 13. The second kappa shape index (κ2) is 12.5. The molecule has 2 aromatic rings. The van der Waals surface area contributed by atoms with Gasteiger partial charge in [-0.1, -0.05) is 124 Å². The molecule has 0 fully saturated rings. The minimum atomic E-state index is 0.702. The molecule has 1 aliphatic heterocycles. The van der Waals surface area contributed by atoms with Gasteiger partial charge >= 0.3 is 0 Å². The lowest BCUT2D eigenvalue weighted by molar-refractivity contribution is 0.256. The van der Waals surface area contributed by atoms with Crippen molar-refractivity contribution in [1.82, 2.24) is 9.80 Å². The van der Waals surface area contributed by atoms with Crippen LogP contribution < -0.4 is 0 Å². The number of hydrogen-bond acceptors (Lipinski definition) is 2. The van der Waals surface area contributed by atoms with Crippen molar-refractivity contribution in [3.05, 3.63) is 58.3 Å². The molecule has 0 atom stereocenters. The van der Waals surface area contributed by atoms with Gasteiger partial charge in [0.15, 0.2) is 0 Å². The van der Waals surface area contributed by atoms with Gasteiger partial charge in [-0.25, -0.2) is 0 Å². The molecule has 2 aromatic carbocycles. The van der Waals surface area contributed by atoms with Crippen LogP contribution in [0.25, 0.3) is 10.8 Å². The highest BCUT2D eigenvalue weighted by molar-refractivity contribution is 6.38. The van der Waals surface area contributed by atoms with E-state index in [2.05, 4.69) is 59.2 Å². The van der Waals surface area contributed by atoms with E-state index in [9.17, 15) is 0 Å². The van der Waals surface area contributed by atoms with E-state index >= 15 is 0 Å². The summed E-state index contributed by atoms with van der Waals surface area (Å²) in [4.78, 5) is 4.44. The summed E-state index contributed by atoms with van der Waals surface area (Å²) in [5.41, 5.74) is 1.37. The lowest BCUT2D eigenvalue weighted by Gasteiger charge is -2.22. The minimum absolute atomic E-state index is 0.702. The van der Waals surface area contributed by atoms with Crippen LogP contribution >= 0.6 is 23.2 Å². The maximum absolute atomic E-state index is 6.56. The van der Waals surface area contributed by atoms with Crippen LogP contribution in [0.15, 0.2) is 52.8 Å². The molecule has 164 valence electrons. The Morgan fingerprint density at radius 1 is 0.700 bits per heavy atom. The molecule has 0 N–H and O–H groups in total. The van der Waals surface area contributed by atoms with Crippen molar-refractivity contribution in [1.29, 1.82) is 0 Å². The molecule has 0 radical (unpaired) electrons. The molecule has 0 saturated heterocycles. The Morgan fingerprint density at radius 3 is 2.03 bits per heavy atom. The van der Waals surface area contributed by atoms with Crippen molar-refractivity contribution in [2.45, 2.75) is 71.1 Å². The van der Waals surface area contributed by atoms with Crippen LogP contribution in [-0.2, 0) is 6.42 Å². The van der Waals surface area contributed by atoms with Crippen LogP contribution in [-0.4, -0.2) is 29.6 Å². The summed E-state index contributed by atoms with van der Waals surface area (Å²) in [6.45, 7) is 4.96. The van der Waals surface area contributed by atoms with Crippen LogP contribution in [0.3, 0.4) is 0 Å². The SMILES string of the molecule is CCCCCCCCCCCN1CN(CCc2cccc3ccccc23)C(Cl)=C1Cl. The molecule has 30 heavy (non-hydrogen) atoms. The van der Waals surface area contributed by atoms with Crippen LogP contribution in [0, 0.1) is 0 Å². The highest BCUT2D eigenvalue weighted by Crippen LogP contribution is 2.30. The number of unbranched alkanes of at least 4 members (excludes halogenated alkanes) is 8. The molecular weight excluding hydrogens is 411 g/mol. The summed E-state index contributed by atoms with van der Waals surface area (Å²) in [7, 11) is 0. The lowest BCUT2D eigenvalue weighted by atomic mass is 10.0. The maximum Gasteiger partial charge on any atom is 0.141 e. The van der Waals surface area contributed by atoms with E-state index in [1.807, 2.05) is 0 Å². The van der Waals surface area contributed by atoms with Gasteiger partial charge in [0.25, 0.3) is 0 Å². The fraction of sp³-hybridized carbons (Fsp3) is 0.538. The molecule has 0 aromatic heterocycles. The zero-order chi connectivity index (χ0) is 21.2. The summed E-state index contributed by atoms with van der Waals surface area (Å²) in [6.07, 6.45) is 13.0. The fourth-order valence-electron chi connectivity index (χ4n) is 4.31. The molecule has 1 heterocycles. The highest BCUT2D eigenvalue weighted by atomic mass is 35.5. The monoisotopic (exact) mass is 446 g/mol. The van der Waals surface area contributed by atoms with Gasteiger partial charge in [-0.15, -0.1) is 0 Å². The fourth-order valence-corrected chi connectivity index (χ4v) is 4.82. The van der Waals surface area contributed by atoms with Crippen molar-refractivity contribution in [3.8, 4) is 0 Å². The highest BCUT2D eigenvalue weighted by Gasteiger charge is 2.26. The predicted molar refractivity (Wildman–Crippen MR) is 132 cm³/mol. The van der Waals surface area contributed by atoms with Gasteiger partial charge in [-0.3, -0.25) is 0 Å². The molecule has 0 saturated carbocycles. The molecule has 3 rings (SSSR count). The van der Waals surface area contributed by atoms with Crippen LogP contribution in [0.1, 0.15) is 70.3 Å². The Morgan fingerprint density at radius 2 is 1.30 bits per heavy atom. The average Bonchev–Trinajstić information content (AvgIpc) is 3.04. The zero-order valence-electron chi connectivity index (χ0n) is 18.4. The molecular formula is C26H36Cl2N2. The number of halogens is 2. The molecule has 0 unspecified atom stereocenters. The Bertz CT molecular complexity index is 812. The molecule has 4 heteroatoms. The van der Waals surface area contributed by atoms with Gasteiger partial charge in [0.2, 0.25) is 0 Å². The van der Waals surface area contributed by atoms with E-state index < -0.39 is 0 Å². The molecule has 2 nitrogen and oxygen atoms in total.